The van der Waals surface area contributed by atoms with Gasteiger partial charge in [-0.1, -0.05) is 12.1 Å². The van der Waals surface area contributed by atoms with E-state index in [0.29, 0.717) is 17.0 Å². The molecule has 0 saturated carbocycles. The van der Waals surface area contributed by atoms with E-state index in [4.69, 9.17) is 19.9 Å². The van der Waals surface area contributed by atoms with E-state index >= 15 is 0 Å². The molecule has 0 aliphatic rings. The second-order valence-electron chi connectivity index (χ2n) is 4.38. The molecule has 0 atom stereocenters. The monoisotopic (exact) mass is 287 g/mol. The summed E-state index contributed by atoms with van der Waals surface area (Å²) < 4.78 is 15.4. The van der Waals surface area contributed by atoms with E-state index < -0.39 is 5.97 Å². The number of rotatable bonds is 5. The fourth-order valence-electron chi connectivity index (χ4n) is 1.86. The van der Waals surface area contributed by atoms with Gasteiger partial charge in [0.05, 0.1) is 25.5 Å². The molecule has 0 aromatic heterocycles. The van der Waals surface area contributed by atoms with Gasteiger partial charge in [-0.15, -0.1) is 0 Å². The number of ether oxygens (including phenoxy) is 3. The molecule has 0 aliphatic heterocycles. The SMILES string of the molecule is COc1cccc(COC(=O)c2ccc(OC)c(N)c2)c1. The van der Waals surface area contributed by atoms with Gasteiger partial charge in [0.25, 0.3) is 0 Å². The minimum absolute atomic E-state index is 0.169. The molecule has 2 rings (SSSR count). The predicted molar refractivity (Wildman–Crippen MR) is 79.5 cm³/mol. The van der Waals surface area contributed by atoms with Crippen molar-refractivity contribution in [2.45, 2.75) is 6.61 Å². The van der Waals surface area contributed by atoms with Crippen molar-refractivity contribution in [3.8, 4) is 11.5 Å². The van der Waals surface area contributed by atoms with Crippen LogP contribution in [-0.2, 0) is 11.3 Å². The van der Waals surface area contributed by atoms with E-state index in [-0.39, 0.29) is 6.61 Å². The summed E-state index contributed by atoms with van der Waals surface area (Å²) in [5.41, 5.74) is 7.40. The van der Waals surface area contributed by atoms with Crippen LogP contribution in [0.2, 0.25) is 0 Å². The quantitative estimate of drug-likeness (QED) is 0.676. The molecule has 0 aliphatic carbocycles. The second kappa shape index (κ2) is 6.65. The molecule has 5 nitrogen and oxygen atoms in total. The third-order valence-corrected chi connectivity index (χ3v) is 2.97. The molecule has 0 heterocycles. The molecule has 0 bridgehead atoms. The first-order valence-corrected chi connectivity index (χ1v) is 6.37. The zero-order valence-corrected chi connectivity index (χ0v) is 12.0. The van der Waals surface area contributed by atoms with E-state index in [1.54, 1.807) is 19.2 Å². The molecule has 0 unspecified atom stereocenters. The molecule has 2 aromatic carbocycles. The Morgan fingerprint density at radius 2 is 1.90 bits per heavy atom. The number of benzene rings is 2. The van der Waals surface area contributed by atoms with Gasteiger partial charge >= 0.3 is 5.97 Å². The zero-order chi connectivity index (χ0) is 15.2. The number of carbonyl (C=O) groups excluding carboxylic acids is 1. The van der Waals surface area contributed by atoms with Crippen molar-refractivity contribution < 1.29 is 19.0 Å². The molecule has 0 fully saturated rings. The van der Waals surface area contributed by atoms with Crippen LogP contribution in [-0.4, -0.2) is 20.2 Å². The van der Waals surface area contributed by atoms with Crippen LogP contribution in [0.5, 0.6) is 11.5 Å². The Hall–Kier alpha value is -2.69. The highest BCUT2D eigenvalue weighted by Gasteiger charge is 2.10. The maximum Gasteiger partial charge on any atom is 0.338 e. The average molecular weight is 287 g/mol. The fourth-order valence-corrected chi connectivity index (χ4v) is 1.86. The first-order valence-electron chi connectivity index (χ1n) is 6.37. The summed E-state index contributed by atoms with van der Waals surface area (Å²) in [6, 6.07) is 12.1. The Morgan fingerprint density at radius 1 is 1.10 bits per heavy atom. The molecule has 0 spiro atoms. The Labute approximate surface area is 123 Å². The second-order valence-corrected chi connectivity index (χ2v) is 4.38. The highest BCUT2D eigenvalue weighted by Crippen LogP contribution is 2.22. The van der Waals surface area contributed by atoms with Crippen molar-refractivity contribution in [3.63, 3.8) is 0 Å². The zero-order valence-electron chi connectivity index (χ0n) is 12.0. The lowest BCUT2D eigenvalue weighted by Gasteiger charge is -2.08. The molecular formula is C16H17NO4. The van der Waals surface area contributed by atoms with Gasteiger partial charge in [-0.3, -0.25) is 0 Å². The van der Waals surface area contributed by atoms with Crippen LogP contribution < -0.4 is 15.2 Å². The van der Waals surface area contributed by atoms with Gasteiger partial charge in [0.15, 0.2) is 0 Å². The average Bonchev–Trinajstić information content (AvgIpc) is 2.52. The smallest absolute Gasteiger partial charge is 0.338 e. The number of hydrogen-bond acceptors (Lipinski definition) is 5. The first kappa shape index (κ1) is 14.7. The van der Waals surface area contributed by atoms with Gasteiger partial charge in [-0.2, -0.15) is 0 Å². The van der Waals surface area contributed by atoms with Crippen LogP contribution in [0.25, 0.3) is 0 Å². The minimum atomic E-state index is -0.438. The minimum Gasteiger partial charge on any atom is -0.497 e. The van der Waals surface area contributed by atoms with E-state index in [2.05, 4.69) is 0 Å². The first-order chi connectivity index (χ1) is 10.1. The molecule has 2 aromatic rings. The Morgan fingerprint density at radius 3 is 2.57 bits per heavy atom. The van der Waals surface area contributed by atoms with E-state index in [0.717, 1.165) is 11.3 Å². The normalized spacial score (nSPS) is 10.0. The largest absolute Gasteiger partial charge is 0.497 e. The van der Waals surface area contributed by atoms with Crippen LogP contribution in [0, 0.1) is 0 Å². The third kappa shape index (κ3) is 3.66. The van der Waals surface area contributed by atoms with Gasteiger partial charge < -0.3 is 19.9 Å². The van der Waals surface area contributed by atoms with Crippen LogP contribution >= 0.6 is 0 Å². The van der Waals surface area contributed by atoms with E-state index in [9.17, 15) is 4.79 Å². The van der Waals surface area contributed by atoms with Crippen LogP contribution in [0.15, 0.2) is 42.5 Å². The van der Waals surface area contributed by atoms with Gasteiger partial charge in [-0.05, 0) is 35.9 Å². The van der Waals surface area contributed by atoms with Crippen molar-refractivity contribution >= 4 is 11.7 Å². The lowest BCUT2D eigenvalue weighted by molar-refractivity contribution is 0.0472. The summed E-state index contributed by atoms with van der Waals surface area (Å²) >= 11 is 0. The maximum atomic E-state index is 12.0. The number of anilines is 1. The Balaban J connectivity index is 2.02. The number of esters is 1. The number of methoxy groups -OCH3 is 2. The van der Waals surface area contributed by atoms with Crippen molar-refractivity contribution in [2.24, 2.45) is 0 Å². The number of nitrogen functional groups attached to an aromatic ring is 1. The van der Waals surface area contributed by atoms with Gasteiger partial charge in [0, 0.05) is 0 Å². The summed E-state index contributed by atoms with van der Waals surface area (Å²) in [6.07, 6.45) is 0. The van der Waals surface area contributed by atoms with Crippen LogP contribution in [0.3, 0.4) is 0 Å². The van der Waals surface area contributed by atoms with Gasteiger partial charge in [0.1, 0.15) is 18.1 Å². The van der Waals surface area contributed by atoms with Crippen LogP contribution in [0.4, 0.5) is 5.69 Å². The Kier molecular flexibility index (Phi) is 4.66. The molecule has 2 N–H and O–H groups in total. The topological polar surface area (TPSA) is 70.8 Å². The lowest BCUT2D eigenvalue weighted by Crippen LogP contribution is -2.06. The van der Waals surface area contributed by atoms with E-state index in [1.807, 2.05) is 24.3 Å². The highest BCUT2D eigenvalue weighted by atomic mass is 16.5. The summed E-state index contributed by atoms with van der Waals surface area (Å²) in [6.45, 7) is 0.169. The summed E-state index contributed by atoms with van der Waals surface area (Å²) in [5.74, 6) is 0.809. The van der Waals surface area contributed by atoms with Gasteiger partial charge in [-0.25, -0.2) is 4.79 Å². The molecule has 21 heavy (non-hydrogen) atoms. The van der Waals surface area contributed by atoms with Crippen molar-refractivity contribution in [1.29, 1.82) is 0 Å². The van der Waals surface area contributed by atoms with E-state index in [1.165, 1.54) is 13.2 Å². The van der Waals surface area contributed by atoms with Crippen molar-refractivity contribution in [2.75, 3.05) is 20.0 Å². The number of hydrogen-bond donors (Lipinski definition) is 1. The molecule has 0 radical (unpaired) electrons. The molecule has 0 saturated heterocycles. The molecule has 110 valence electrons. The van der Waals surface area contributed by atoms with Crippen molar-refractivity contribution in [1.82, 2.24) is 0 Å². The maximum absolute atomic E-state index is 12.0. The summed E-state index contributed by atoms with van der Waals surface area (Å²) in [7, 11) is 3.11. The van der Waals surface area contributed by atoms with Crippen molar-refractivity contribution in [3.05, 3.63) is 53.6 Å². The molecular weight excluding hydrogens is 270 g/mol. The standard InChI is InChI=1S/C16H17NO4/c1-19-13-5-3-4-11(8-13)10-21-16(18)12-6-7-15(20-2)14(17)9-12/h3-9H,10,17H2,1-2H3. The summed E-state index contributed by atoms with van der Waals surface area (Å²) in [5, 5.41) is 0. The highest BCUT2D eigenvalue weighted by molar-refractivity contribution is 5.91. The Bertz CT molecular complexity index is 640. The lowest BCUT2D eigenvalue weighted by atomic mass is 10.2. The number of carbonyl (C=O) groups is 1. The molecule has 0 amide bonds. The fraction of sp³-hybridized carbons (Fsp3) is 0.188. The van der Waals surface area contributed by atoms with Crippen LogP contribution in [0.1, 0.15) is 15.9 Å². The van der Waals surface area contributed by atoms with Gasteiger partial charge in [0.2, 0.25) is 0 Å². The number of nitrogens with two attached hydrogens (primary N) is 1. The predicted octanol–water partition coefficient (Wildman–Crippen LogP) is 2.64. The molecule has 5 heteroatoms. The third-order valence-electron chi connectivity index (χ3n) is 2.97. The summed E-state index contributed by atoms with van der Waals surface area (Å²) in [4.78, 5) is 12.0.